The highest BCUT2D eigenvalue weighted by Crippen LogP contribution is 2.45. The van der Waals surface area contributed by atoms with Crippen molar-refractivity contribution in [3.8, 4) is 51.6 Å². The maximum atomic E-state index is 16.7. The summed E-state index contributed by atoms with van der Waals surface area (Å²) in [6.45, 7) is 0. The molecule has 372 valence electrons. The third kappa shape index (κ3) is 6.23. The van der Waals surface area contributed by atoms with Crippen molar-refractivity contribution in [2.75, 3.05) is 0 Å². The van der Waals surface area contributed by atoms with E-state index in [-0.39, 0.29) is 0 Å². The summed E-state index contributed by atoms with van der Waals surface area (Å²) in [6, 6.07) is 3.15. The number of rotatable bonds is 3. The van der Waals surface area contributed by atoms with Crippen molar-refractivity contribution < 1.29 is 92.2 Å². The number of nitriles is 3. The Bertz CT molecular complexity index is 4030. The minimum Gasteiger partial charge on any atom is -0.240 e. The lowest BCUT2D eigenvalue weighted by molar-refractivity contribution is 0.380. The van der Waals surface area contributed by atoms with Crippen LogP contribution in [0.2, 0.25) is 0 Å². The molecule has 0 atom stereocenters. The summed E-state index contributed by atoms with van der Waals surface area (Å²) in [6.07, 6.45) is 0. The number of fused-ring (bicyclic) bond motifs is 9. The molecular weight excluding hydrogens is 1070 g/mol. The first-order valence-corrected chi connectivity index (χ1v) is 19.3. The minimum absolute atomic E-state index is 1.05. The molecule has 75 heavy (non-hydrogen) atoms. The van der Waals surface area contributed by atoms with Crippen molar-refractivity contribution in [3.05, 3.63) is 139 Å². The van der Waals surface area contributed by atoms with Gasteiger partial charge in [0.25, 0.3) is 0 Å². The molecule has 0 aliphatic carbocycles. The molecule has 0 bridgehead atoms. The van der Waals surface area contributed by atoms with E-state index >= 15 is 52.7 Å². The molecule has 0 N–H and O–H groups in total. The van der Waals surface area contributed by atoms with E-state index < -0.39 is 238 Å². The van der Waals surface area contributed by atoms with Gasteiger partial charge < -0.3 is 0 Å². The van der Waals surface area contributed by atoms with Crippen LogP contribution in [-0.2, 0) is 0 Å². The minimum atomic E-state index is -2.87. The molecule has 0 aliphatic rings. The second kappa shape index (κ2) is 16.4. The molecule has 0 saturated carbocycles. The zero-order valence-electron chi connectivity index (χ0n) is 34.5. The van der Waals surface area contributed by atoms with E-state index in [1.807, 2.05) is 0 Å². The predicted molar refractivity (Wildman–Crippen MR) is 208 cm³/mol. The van der Waals surface area contributed by atoms with Gasteiger partial charge in [-0.25, -0.2) is 122 Å². The molecule has 0 saturated heterocycles. The van der Waals surface area contributed by atoms with Gasteiger partial charge in [-0.15, -0.1) is 0 Å². The average molecular weight is 1070 g/mol. The molecule has 10 rings (SSSR count). The molecule has 7 aromatic carbocycles. The monoisotopic (exact) mass is 1060 g/mol. The molecule has 30 heteroatoms. The fourth-order valence-electron chi connectivity index (χ4n) is 8.05. The van der Waals surface area contributed by atoms with Crippen LogP contribution in [-0.4, -0.2) is 29.9 Å². The molecule has 3 aromatic heterocycles. The van der Waals surface area contributed by atoms with Crippen LogP contribution in [0, 0.1) is 156 Å². The molecule has 0 radical (unpaired) electrons. The molecule has 0 unspecified atom stereocenters. The highest BCUT2D eigenvalue weighted by molar-refractivity contribution is 6.21. The number of hydrogen-bond donors (Lipinski definition) is 0. The maximum absolute atomic E-state index is 16.7. The smallest absolute Gasteiger partial charge is 0.200 e. The summed E-state index contributed by atoms with van der Waals surface area (Å²) in [5.74, 6) is -57.4. The van der Waals surface area contributed by atoms with E-state index in [0.717, 1.165) is 18.2 Å². The van der Waals surface area contributed by atoms with Gasteiger partial charge in [0.05, 0.1) is 33.4 Å². The van der Waals surface area contributed by atoms with Crippen LogP contribution in [0.4, 0.5) is 92.2 Å². The Morgan fingerprint density at radius 1 is 0.173 bits per heavy atom. The Morgan fingerprint density at radius 3 is 0.493 bits per heavy atom. The van der Waals surface area contributed by atoms with Crippen LogP contribution in [0.15, 0.2) is 0 Å². The Labute approximate surface area is 394 Å². The first-order valence-electron chi connectivity index (χ1n) is 19.3. The molecule has 0 fully saturated rings. The predicted octanol–water partition coefficient (Wildman–Crippen LogP) is 12.5. The highest BCUT2D eigenvalue weighted by Gasteiger charge is 2.38. The summed E-state index contributed by atoms with van der Waals surface area (Å²) in [4.78, 5) is 22.7. The summed E-state index contributed by atoms with van der Waals surface area (Å²) < 4.78 is 319. The van der Waals surface area contributed by atoms with Crippen molar-refractivity contribution in [2.45, 2.75) is 0 Å². The lowest BCUT2D eigenvalue weighted by Crippen LogP contribution is -2.10. The van der Waals surface area contributed by atoms with Gasteiger partial charge in [-0.2, -0.15) is 15.8 Å². The van der Waals surface area contributed by atoms with E-state index in [1.165, 1.54) is 0 Å². The molecule has 3 heterocycles. The fourth-order valence-corrected chi connectivity index (χ4v) is 8.05. The number of aromatic nitrogens is 6. The third-order valence-corrected chi connectivity index (χ3v) is 11.4. The maximum Gasteiger partial charge on any atom is 0.200 e. The van der Waals surface area contributed by atoms with Crippen LogP contribution >= 0.6 is 0 Å². The van der Waals surface area contributed by atoms with Crippen LogP contribution in [0.25, 0.3) is 99.6 Å². The van der Waals surface area contributed by atoms with Gasteiger partial charge in [-0.05, 0) is 0 Å². The molecule has 0 amide bonds. The zero-order valence-corrected chi connectivity index (χ0v) is 34.5. The van der Waals surface area contributed by atoms with Gasteiger partial charge in [0.2, 0.25) is 17.5 Å². The van der Waals surface area contributed by atoms with Gasteiger partial charge >= 0.3 is 0 Å². The third-order valence-electron chi connectivity index (χ3n) is 11.4. The van der Waals surface area contributed by atoms with Gasteiger partial charge in [0, 0.05) is 0 Å². The Kier molecular flexibility index (Phi) is 10.7. The van der Waals surface area contributed by atoms with Crippen LogP contribution in [0.5, 0.6) is 0 Å². The van der Waals surface area contributed by atoms with Gasteiger partial charge in [-0.3, -0.25) is 0 Å². The SMILES string of the molecule is N#Cc1c(F)c(-c2c(F)c(F)c(F)c(F)c2F)c(F)c2nc3c4nc5c(C#N)c(F)c(-c6c(F)c(F)c(F)c(F)c6F)c(F)c5nc4c4nc5c(C#N)c(F)c(-c6c(F)c(F)c(F)c(F)c6F)c(F)c5nc4c3nc12. The summed E-state index contributed by atoms with van der Waals surface area (Å²) in [5.41, 5.74) is -35.8. The van der Waals surface area contributed by atoms with E-state index in [9.17, 15) is 55.3 Å². The van der Waals surface area contributed by atoms with Crippen LogP contribution in [0.3, 0.4) is 0 Å². The summed E-state index contributed by atoms with van der Waals surface area (Å²) in [7, 11) is 0. The number of halogens is 21. The average Bonchev–Trinajstić information content (AvgIpc) is 3.40. The van der Waals surface area contributed by atoms with Crippen molar-refractivity contribution in [1.29, 1.82) is 15.8 Å². The second-order valence-corrected chi connectivity index (χ2v) is 15.2. The lowest BCUT2D eigenvalue weighted by Gasteiger charge is -2.16. The largest absolute Gasteiger partial charge is 0.240 e. The number of nitrogens with zero attached hydrogens (tertiary/aromatic N) is 9. The van der Waals surface area contributed by atoms with Crippen molar-refractivity contribution >= 4 is 66.2 Å². The van der Waals surface area contributed by atoms with Crippen LogP contribution < -0.4 is 0 Å². The molecule has 0 spiro atoms. The lowest BCUT2D eigenvalue weighted by atomic mass is 9.97. The summed E-state index contributed by atoms with van der Waals surface area (Å²) >= 11 is 0. The zero-order chi connectivity index (χ0) is 54.6. The van der Waals surface area contributed by atoms with Gasteiger partial charge in [0.15, 0.2) is 105 Å². The number of benzene rings is 7. The Hall–Kier alpha value is -9.66. The Morgan fingerprint density at radius 2 is 0.320 bits per heavy atom. The van der Waals surface area contributed by atoms with Gasteiger partial charge in [0.1, 0.15) is 101 Å². The first-order chi connectivity index (χ1) is 35.4. The first kappa shape index (κ1) is 48.9. The summed E-state index contributed by atoms with van der Waals surface area (Å²) in [5, 5.41) is 30.2. The Balaban J connectivity index is 1.46. The standard InChI is InChI=1S/C45F21N9/c46-13-4(1-67)34-37(22(55)7(13)10-16(49)25(58)31(64)26(59)17(10)50)73-43-40(70-34)44-42(72-35-5(2-68)14(47)8(23(56)38(35)74-44)11-18(51)27(60)32(65)28(61)19(11)52)45-41(43)71-36-6(3-69)15(48)9(24(57)39(36)75-45)12-20(53)29(62)33(66)30(63)21(12)54. The topological polar surface area (TPSA) is 149 Å². The number of hydrogen-bond acceptors (Lipinski definition) is 9. The van der Waals surface area contributed by atoms with E-state index in [2.05, 4.69) is 29.9 Å². The van der Waals surface area contributed by atoms with Crippen molar-refractivity contribution in [1.82, 2.24) is 29.9 Å². The van der Waals surface area contributed by atoms with E-state index in [0.29, 0.717) is 0 Å². The normalized spacial score (nSPS) is 11.8. The fraction of sp³-hybridized carbons (Fsp3) is 0. The highest BCUT2D eigenvalue weighted by atomic mass is 19.2. The molecular formula is C45F21N9. The van der Waals surface area contributed by atoms with Gasteiger partial charge in [-0.1, -0.05) is 0 Å². The van der Waals surface area contributed by atoms with Crippen molar-refractivity contribution in [3.63, 3.8) is 0 Å². The quantitative estimate of drug-likeness (QED) is 0.0554. The van der Waals surface area contributed by atoms with E-state index in [4.69, 9.17) is 0 Å². The molecule has 9 nitrogen and oxygen atoms in total. The van der Waals surface area contributed by atoms with Crippen molar-refractivity contribution in [2.24, 2.45) is 0 Å². The molecule has 0 aliphatic heterocycles. The molecule has 10 aromatic rings. The van der Waals surface area contributed by atoms with Crippen LogP contribution in [0.1, 0.15) is 16.7 Å². The van der Waals surface area contributed by atoms with E-state index in [1.54, 1.807) is 0 Å². The second-order valence-electron chi connectivity index (χ2n) is 15.2.